The summed E-state index contributed by atoms with van der Waals surface area (Å²) in [6.07, 6.45) is -13.0. The quantitative estimate of drug-likeness (QED) is 0.0825. The van der Waals surface area contributed by atoms with Gasteiger partial charge in [0.2, 0.25) is 5.91 Å². The summed E-state index contributed by atoms with van der Waals surface area (Å²) < 4.78 is 0. The Morgan fingerprint density at radius 1 is 0.688 bits per heavy atom. The van der Waals surface area contributed by atoms with E-state index in [1.54, 1.807) is 0 Å². The fourth-order valence-corrected chi connectivity index (χ4v) is 2.97. The molecule has 0 saturated carbocycles. The van der Waals surface area contributed by atoms with Crippen molar-refractivity contribution in [1.29, 1.82) is 0 Å². The number of rotatable bonds is 18. The highest BCUT2D eigenvalue weighted by atomic mass is 16.4. The van der Waals surface area contributed by atoms with Crippen LogP contribution in [-0.2, 0) is 4.79 Å². The van der Waals surface area contributed by atoms with Gasteiger partial charge in [-0.2, -0.15) is 0 Å². The minimum atomic E-state index is -1.86. The SMILES string of the molecule is NC(=O)[C@@H](N)CCCCN(C[C@H](O)[C@@H](O)[C@H](O)[C@H](O)CO)C[C@H](O)[C@@H](O)[C@H](O)[C@H](O)CO. The summed E-state index contributed by atoms with van der Waals surface area (Å²) in [6, 6.07) is -0.853. The zero-order valence-electron chi connectivity index (χ0n) is 17.8. The van der Waals surface area contributed by atoms with E-state index >= 15 is 0 Å². The topological polar surface area (TPSA) is 275 Å². The molecule has 0 aromatic heterocycles. The molecule has 0 heterocycles. The van der Waals surface area contributed by atoms with Crippen LogP contribution >= 0.6 is 0 Å². The summed E-state index contributed by atoms with van der Waals surface area (Å²) in [6.45, 7) is -2.28. The maximum absolute atomic E-state index is 11.0. The van der Waals surface area contributed by atoms with Gasteiger partial charge in [0.15, 0.2) is 0 Å². The van der Waals surface area contributed by atoms with E-state index in [1.807, 2.05) is 0 Å². The average Bonchev–Trinajstić information content (AvgIpc) is 2.77. The van der Waals surface area contributed by atoms with Gasteiger partial charge < -0.3 is 62.5 Å². The third-order valence-corrected chi connectivity index (χ3v) is 5.15. The van der Waals surface area contributed by atoms with Crippen molar-refractivity contribution in [2.75, 3.05) is 32.8 Å². The molecule has 9 atom stereocenters. The number of carbonyl (C=O) groups is 1. The van der Waals surface area contributed by atoms with E-state index in [-0.39, 0.29) is 26.1 Å². The lowest BCUT2D eigenvalue weighted by atomic mass is 10.0. The van der Waals surface area contributed by atoms with Crippen LogP contribution in [0.15, 0.2) is 0 Å². The number of nitrogens with zero attached hydrogens (tertiary/aromatic N) is 1. The molecule has 192 valence electrons. The van der Waals surface area contributed by atoms with Gasteiger partial charge in [0.1, 0.15) is 36.6 Å². The van der Waals surface area contributed by atoms with Crippen molar-refractivity contribution >= 4 is 5.91 Å². The second kappa shape index (κ2) is 15.8. The van der Waals surface area contributed by atoms with Crippen LogP contribution in [0.3, 0.4) is 0 Å². The van der Waals surface area contributed by atoms with Gasteiger partial charge in [0.05, 0.1) is 31.5 Å². The third kappa shape index (κ3) is 10.7. The van der Waals surface area contributed by atoms with Crippen molar-refractivity contribution in [2.24, 2.45) is 11.5 Å². The van der Waals surface area contributed by atoms with E-state index in [2.05, 4.69) is 0 Å². The highest BCUT2D eigenvalue weighted by Gasteiger charge is 2.34. The molecule has 0 radical (unpaired) electrons. The Morgan fingerprint density at radius 3 is 1.41 bits per heavy atom. The van der Waals surface area contributed by atoms with Crippen molar-refractivity contribution in [1.82, 2.24) is 4.90 Å². The Hall–Kier alpha value is -1.01. The number of carbonyl (C=O) groups excluding carboxylic acids is 1. The first-order valence-electron chi connectivity index (χ1n) is 10.3. The molecular formula is C18H39N3O11. The second-order valence-corrected chi connectivity index (χ2v) is 7.86. The molecule has 14 nitrogen and oxygen atoms in total. The molecule has 0 spiro atoms. The lowest BCUT2D eigenvalue weighted by Gasteiger charge is -2.33. The standard InChI is InChI=1S/C18H39N3O11/c19-9(18(20)32)3-1-2-4-21(5-10(24)14(28)16(30)12(26)7-22)6-11(25)15(29)17(31)13(27)8-23/h9-17,22-31H,1-8,19H2,(H2,20,32)/t9-,10-,11-,12+,13+,14+,15+,16+,17+/m0/s1. The Kier molecular flexibility index (Phi) is 15.3. The number of aliphatic hydroxyl groups is 10. The van der Waals surface area contributed by atoms with Crippen LogP contribution in [0.5, 0.6) is 0 Å². The van der Waals surface area contributed by atoms with Gasteiger partial charge in [-0.15, -0.1) is 0 Å². The summed E-state index contributed by atoms with van der Waals surface area (Å²) >= 11 is 0. The van der Waals surface area contributed by atoms with Gasteiger partial charge in [-0.05, 0) is 19.4 Å². The molecule has 14 heteroatoms. The van der Waals surface area contributed by atoms with Crippen LogP contribution in [-0.4, -0.2) is 150 Å². The fraction of sp³-hybridized carbons (Fsp3) is 0.944. The van der Waals surface area contributed by atoms with Gasteiger partial charge >= 0.3 is 0 Å². The van der Waals surface area contributed by atoms with Gasteiger partial charge in [0, 0.05) is 13.1 Å². The van der Waals surface area contributed by atoms with E-state index in [0.717, 1.165) is 0 Å². The van der Waals surface area contributed by atoms with Crippen LogP contribution in [0.4, 0.5) is 0 Å². The number of nitrogens with two attached hydrogens (primary N) is 2. The predicted octanol–water partition coefficient (Wildman–Crippen LogP) is -6.86. The molecule has 0 bridgehead atoms. The van der Waals surface area contributed by atoms with Crippen molar-refractivity contribution in [3.8, 4) is 0 Å². The first-order chi connectivity index (χ1) is 14.9. The maximum Gasteiger partial charge on any atom is 0.234 e. The number of primary amides is 1. The summed E-state index contributed by atoms with van der Waals surface area (Å²) in [5.74, 6) is -0.674. The molecule has 0 saturated heterocycles. The van der Waals surface area contributed by atoms with E-state index in [4.69, 9.17) is 21.7 Å². The fourth-order valence-electron chi connectivity index (χ4n) is 2.97. The lowest BCUT2D eigenvalue weighted by molar-refractivity contribution is -0.130. The van der Waals surface area contributed by atoms with Crippen LogP contribution < -0.4 is 11.5 Å². The molecule has 0 aliphatic rings. The average molecular weight is 474 g/mol. The molecular weight excluding hydrogens is 434 g/mol. The molecule has 0 rings (SSSR count). The van der Waals surface area contributed by atoms with E-state index in [0.29, 0.717) is 12.8 Å². The van der Waals surface area contributed by atoms with Crippen LogP contribution in [0, 0.1) is 0 Å². The third-order valence-electron chi connectivity index (χ3n) is 5.15. The number of hydrogen-bond acceptors (Lipinski definition) is 13. The summed E-state index contributed by atoms with van der Waals surface area (Å²) in [5.41, 5.74) is 10.6. The molecule has 14 N–H and O–H groups in total. The summed E-state index contributed by atoms with van der Waals surface area (Å²) in [5, 5.41) is 96.5. The largest absolute Gasteiger partial charge is 0.394 e. The second-order valence-electron chi connectivity index (χ2n) is 7.86. The molecule has 1 amide bonds. The highest BCUT2D eigenvalue weighted by molar-refractivity contribution is 5.79. The molecule has 0 fully saturated rings. The molecule has 0 aliphatic carbocycles. The number of amides is 1. The van der Waals surface area contributed by atoms with Crippen molar-refractivity contribution < 1.29 is 55.9 Å². The Balaban J connectivity index is 5.11. The minimum absolute atomic E-state index is 0.149. The van der Waals surface area contributed by atoms with E-state index < -0.39 is 74.0 Å². The smallest absolute Gasteiger partial charge is 0.234 e. The maximum atomic E-state index is 11.0. The van der Waals surface area contributed by atoms with E-state index in [1.165, 1.54) is 4.90 Å². The van der Waals surface area contributed by atoms with Crippen LogP contribution in [0.25, 0.3) is 0 Å². The zero-order chi connectivity index (χ0) is 25.0. The normalized spacial score (nSPS) is 20.8. The van der Waals surface area contributed by atoms with E-state index in [9.17, 15) is 45.6 Å². The first kappa shape index (κ1) is 31.0. The Bertz CT molecular complexity index is 489. The Morgan fingerprint density at radius 2 is 1.06 bits per heavy atom. The van der Waals surface area contributed by atoms with Crippen LogP contribution in [0.1, 0.15) is 19.3 Å². The zero-order valence-corrected chi connectivity index (χ0v) is 17.8. The molecule has 0 aliphatic heterocycles. The molecule has 0 aromatic rings. The Labute approximate surface area is 185 Å². The predicted molar refractivity (Wildman–Crippen MR) is 110 cm³/mol. The minimum Gasteiger partial charge on any atom is -0.394 e. The first-order valence-corrected chi connectivity index (χ1v) is 10.3. The number of aliphatic hydroxyl groups excluding tert-OH is 10. The van der Waals surface area contributed by atoms with Gasteiger partial charge in [-0.1, -0.05) is 6.42 Å². The van der Waals surface area contributed by atoms with Gasteiger partial charge in [-0.3, -0.25) is 9.69 Å². The number of unbranched alkanes of at least 4 members (excludes halogenated alkanes) is 1. The van der Waals surface area contributed by atoms with Crippen molar-refractivity contribution in [3.63, 3.8) is 0 Å². The van der Waals surface area contributed by atoms with Crippen LogP contribution in [0.2, 0.25) is 0 Å². The molecule has 32 heavy (non-hydrogen) atoms. The van der Waals surface area contributed by atoms with Crippen molar-refractivity contribution in [3.05, 3.63) is 0 Å². The lowest BCUT2D eigenvalue weighted by Crippen LogP contribution is -2.53. The van der Waals surface area contributed by atoms with Gasteiger partial charge in [0.25, 0.3) is 0 Å². The summed E-state index contributed by atoms with van der Waals surface area (Å²) in [7, 11) is 0. The summed E-state index contributed by atoms with van der Waals surface area (Å²) in [4.78, 5) is 12.4. The molecule has 0 unspecified atom stereocenters. The van der Waals surface area contributed by atoms with Crippen molar-refractivity contribution in [2.45, 2.75) is 74.1 Å². The molecule has 0 aromatic carbocycles. The number of hydrogen-bond donors (Lipinski definition) is 12. The monoisotopic (exact) mass is 473 g/mol. The highest BCUT2D eigenvalue weighted by Crippen LogP contribution is 2.12. The van der Waals surface area contributed by atoms with Gasteiger partial charge in [-0.25, -0.2) is 0 Å².